The molecule has 0 radical (unpaired) electrons. The van der Waals surface area contributed by atoms with Crippen molar-refractivity contribution in [3.05, 3.63) is 0 Å². The molecule has 0 amide bonds. The standard InChI is InChI=1S/C14H29N3O3/c1-3-15-14(17-8-6-13(18)12-17)16-7-4-5-9-20-11-10-19-2/h13,18H,3-12H2,1-2H3,(H,15,16)/t13-/m1/s1. The number of hydrogen-bond acceptors (Lipinski definition) is 4. The van der Waals surface area contributed by atoms with Crippen LogP contribution in [0.5, 0.6) is 0 Å². The van der Waals surface area contributed by atoms with Gasteiger partial charge in [-0.05, 0) is 26.2 Å². The molecular weight excluding hydrogens is 258 g/mol. The number of likely N-dealkylation sites (tertiary alicyclic amines) is 1. The van der Waals surface area contributed by atoms with Gasteiger partial charge >= 0.3 is 0 Å². The average molecular weight is 287 g/mol. The van der Waals surface area contributed by atoms with Crippen molar-refractivity contribution in [3.63, 3.8) is 0 Å². The van der Waals surface area contributed by atoms with Gasteiger partial charge in [-0.25, -0.2) is 0 Å². The SMILES string of the molecule is CCNC(=NCCCCOCCOC)N1CC[C@@H](O)C1. The number of β-amino-alcohol motifs (C(OH)–C–C–N with tert-alkyl or cyclic N) is 1. The van der Waals surface area contributed by atoms with Crippen LogP contribution in [0, 0.1) is 0 Å². The van der Waals surface area contributed by atoms with Crippen LogP contribution >= 0.6 is 0 Å². The number of ether oxygens (including phenoxy) is 2. The highest BCUT2D eigenvalue weighted by Crippen LogP contribution is 2.08. The molecule has 0 spiro atoms. The highest BCUT2D eigenvalue weighted by atomic mass is 16.5. The summed E-state index contributed by atoms with van der Waals surface area (Å²) in [6, 6.07) is 0. The van der Waals surface area contributed by atoms with Crippen LogP contribution in [0.4, 0.5) is 0 Å². The van der Waals surface area contributed by atoms with Crippen molar-refractivity contribution >= 4 is 5.96 Å². The van der Waals surface area contributed by atoms with E-state index < -0.39 is 0 Å². The molecule has 1 rings (SSSR count). The highest BCUT2D eigenvalue weighted by Gasteiger charge is 2.22. The lowest BCUT2D eigenvalue weighted by atomic mass is 10.3. The number of aliphatic hydroxyl groups excluding tert-OH is 1. The smallest absolute Gasteiger partial charge is 0.194 e. The first kappa shape index (κ1) is 17.2. The number of nitrogens with zero attached hydrogens (tertiary/aromatic N) is 2. The number of unbranched alkanes of at least 4 members (excludes halogenated alkanes) is 1. The predicted molar refractivity (Wildman–Crippen MR) is 80.1 cm³/mol. The van der Waals surface area contributed by atoms with E-state index in [1.807, 2.05) is 0 Å². The van der Waals surface area contributed by atoms with E-state index in [0.29, 0.717) is 19.8 Å². The van der Waals surface area contributed by atoms with Gasteiger partial charge < -0.3 is 24.8 Å². The zero-order valence-electron chi connectivity index (χ0n) is 12.8. The van der Waals surface area contributed by atoms with E-state index in [9.17, 15) is 5.11 Å². The number of guanidine groups is 1. The van der Waals surface area contributed by atoms with E-state index in [-0.39, 0.29) is 6.10 Å². The highest BCUT2D eigenvalue weighted by molar-refractivity contribution is 5.80. The van der Waals surface area contributed by atoms with E-state index in [1.165, 1.54) is 0 Å². The summed E-state index contributed by atoms with van der Waals surface area (Å²) >= 11 is 0. The Morgan fingerprint density at radius 3 is 2.85 bits per heavy atom. The van der Waals surface area contributed by atoms with Gasteiger partial charge in [0.15, 0.2) is 5.96 Å². The molecule has 6 nitrogen and oxygen atoms in total. The van der Waals surface area contributed by atoms with Crippen LogP contribution in [-0.4, -0.2) is 75.2 Å². The molecule has 0 bridgehead atoms. The van der Waals surface area contributed by atoms with Gasteiger partial charge in [-0.2, -0.15) is 0 Å². The lowest BCUT2D eigenvalue weighted by Crippen LogP contribution is -2.40. The Balaban J connectivity index is 2.16. The molecule has 1 fully saturated rings. The third kappa shape index (κ3) is 7.07. The molecule has 1 heterocycles. The maximum absolute atomic E-state index is 9.58. The number of hydrogen-bond donors (Lipinski definition) is 2. The molecule has 0 aromatic carbocycles. The molecule has 2 N–H and O–H groups in total. The molecule has 6 heteroatoms. The van der Waals surface area contributed by atoms with Crippen LogP contribution in [0.15, 0.2) is 4.99 Å². The predicted octanol–water partition coefficient (Wildman–Crippen LogP) is 0.462. The van der Waals surface area contributed by atoms with Gasteiger partial charge in [0.05, 0.1) is 19.3 Å². The molecule has 1 atom stereocenters. The number of methoxy groups -OCH3 is 1. The number of rotatable bonds is 9. The minimum absolute atomic E-state index is 0.215. The average Bonchev–Trinajstić information content (AvgIpc) is 2.87. The molecule has 118 valence electrons. The molecule has 0 saturated carbocycles. The molecule has 20 heavy (non-hydrogen) atoms. The van der Waals surface area contributed by atoms with Gasteiger partial charge in [0, 0.05) is 39.9 Å². The van der Waals surface area contributed by atoms with E-state index in [2.05, 4.69) is 22.1 Å². The van der Waals surface area contributed by atoms with Crippen LogP contribution < -0.4 is 5.32 Å². The Labute approximate surface area is 122 Å². The zero-order valence-corrected chi connectivity index (χ0v) is 12.8. The second kappa shape index (κ2) is 10.9. The van der Waals surface area contributed by atoms with E-state index in [0.717, 1.165) is 51.5 Å². The summed E-state index contributed by atoms with van der Waals surface area (Å²) in [5.41, 5.74) is 0. The third-order valence-electron chi connectivity index (χ3n) is 3.19. The Hall–Kier alpha value is -0.850. The zero-order chi connectivity index (χ0) is 14.6. The molecule has 0 aromatic heterocycles. The first-order valence-corrected chi connectivity index (χ1v) is 7.56. The van der Waals surface area contributed by atoms with Gasteiger partial charge in [-0.1, -0.05) is 0 Å². The minimum Gasteiger partial charge on any atom is -0.391 e. The lowest BCUT2D eigenvalue weighted by Gasteiger charge is -2.20. The fourth-order valence-electron chi connectivity index (χ4n) is 2.11. The summed E-state index contributed by atoms with van der Waals surface area (Å²) in [6.45, 7) is 7.35. The van der Waals surface area contributed by atoms with Crippen molar-refractivity contribution in [1.29, 1.82) is 0 Å². The lowest BCUT2D eigenvalue weighted by molar-refractivity contribution is 0.0690. The molecule has 1 aliphatic rings. The number of aliphatic imine (C=N–C) groups is 1. The van der Waals surface area contributed by atoms with Crippen molar-refractivity contribution in [1.82, 2.24) is 10.2 Å². The quantitative estimate of drug-likeness (QED) is 0.366. The maximum Gasteiger partial charge on any atom is 0.194 e. The Kier molecular flexibility index (Phi) is 9.36. The molecule has 0 aliphatic carbocycles. The van der Waals surface area contributed by atoms with Crippen molar-refractivity contribution in [2.24, 2.45) is 4.99 Å². The summed E-state index contributed by atoms with van der Waals surface area (Å²) in [6.07, 6.45) is 2.64. The van der Waals surface area contributed by atoms with E-state index in [4.69, 9.17) is 9.47 Å². The fourth-order valence-corrected chi connectivity index (χ4v) is 2.11. The van der Waals surface area contributed by atoms with Gasteiger partial charge in [-0.15, -0.1) is 0 Å². The van der Waals surface area contributed by atoms with Crippen molar-refractivity contribution < 1.29 is 14.6 Å². The van der Waals surface area contributed by atoms with Gasteiger partial charge in [-0.3, -0.25) is 4.99 Å². The van der Waals surface area contributed by atoms with Crippen molar-refractivity contribution in [2.75, 3.05) is 53.1 Å². The second-order valence-corrected chi connectivity index (χ2v) is 4.94. The first-order chi connectivity index (χ1) is 9.77. The summed E-state index contributed by atoms with van der Waals surface area (Å²) in [7, 11) is 1.68. The normalized spacial score (nSPS) is 19.6. The van der Waals surface area contributed by atoms with Crippen molar-refractivity contribution in [3.8, 4) is 0 Å². The summed E-state index contributed by atoms with van der Waals surface area (Å²) in [4.78, 5) is 6.73. The Morgan fingerprint density at radius 2 is 2.20 bits per heavy atom. The van der Waals surface area contributed by atoms with Crippen LogP contribution in [0.25, 0.3) is 0 Å². The van der Waals surface area contributed by atoms with Crippen LogP contribution in [0.2, 0.25) is 0 Å². The largest absolute Gasteiger partial charge is 0.391 e. The molecule has 0 unspecified atom stereocenters. The van der Waals surface area contributed by atoms with Gasteiger partial charge in [0.1, 0.15) is 0 Å². The summed E-state index contributed by atoms with van der Waals surface area (Å²) in [5, 5.41) is 12.9. The topological polar surface area (TPSA) is 66.3 Å². The fraction of sp³-hybridized carbons (Fsp3) is 0.929. The van der Waals surface area contributed by atoms with E-state index in [1.54, 1.807) is 7.11 Å². The minimum atomic E-state index is -0.215. The second-order valence-electron chi connectivity index (χ2n) is 4.94. The van der Waals surface area contributed by atoms with Crippen molar-refractivity contribution in [2.45, 2.75) is 32.3 Å². The van der Waals surface area contributed by atoms with Crippen LogP contribution in [-0.2, 0) is 9.47 Å². The molecule has 1 aliphatic heterocycles. The molecular formula is C14H29N3O3. The van der Waals surface area contributed by atoms with E-state index >= 15 is 0 Å². The van der Waals surface area contributed by atoms with Gasteiger partial charge in [0.2, 0.25) is 0 Å². The Bertz CT molecular complexity index is 274. The first-order valence-electron chi connectivity index (χ1n) is 7.56. The van der Waals surface area contributed by atoms with Crippen LogP contribution in [0.3, 0.4) is 0 Å². The number of aliphatic hydroxyl groups is 1. The number of nitrogens with one attached hydrogen (secondary N) is 1. The Morgan fingerprint density at radius 1 is 1.35 bits per heavy atom. The van der Waals surface area contributed by atoms with Gasteiger partial charge in [0.25, 0.3) is 0 Å². The maximum atomic E-state index is 9.58. The molecule has 0 aromatic rings. The molecule has 1 saturated heterocycles. The van der Waals surface area contributed by atoms with Crippen LogP contribution in [0.1, 0.15) is 26.2 Å². The monoisotopic (exact) mass is 287 g/mol. The third-order valence-corrected chi connectivity index (χ3v) is 3.19. The summed E-state index contributed by atoms with van der Waals surface area (Å²) in [5.74, 6) is 0.921. The summed E-state index contributed by atoms with van der Waals surface area (Å²) < 4.78 is 10.3.